The predicted octanol–water partition coefficient (Wildman–Crippen LogP) is -0.234. The molecule has 6 heteroatoms. The monoisotopic (exact) mass is 226 g/mol. The first-order chi connectivity index (χ1) is 7.47. The van der Waals surface area contributed by atoms with Crippen LogP contribution in [0.2, 0.25) is 0 Å². The number of carbonyl (C=O) groups is 2. The van der Waals surface area contributed by atoms with Crippen molar-refractivity contribution >= 4 is 11.9 Å². The number of carbonyl (C=O) groups excluding carboxylic acids is 1. The van der Waals surface area contributed by atoms with E-state index < -0.39 is 18.0 Å². The molecule has 0 aliphatic carbocycles. The number of methoxy groups -OCH3 is 1. The summed E-state index contributed by atoms with van der Waals surface area (Å²) in [6, 6.07) is 2.27. The van der Waals surface area contributed by atoms with Crippen LogP contribution in [0.5, 0.6) is 0 Å². The maximum atomic E-state index is 11.3. The standard InChI is InChI=1S/C10H14N2O4/c1-12-6(5-7(11)9(13)14)3-4-8(12)10(15)16-2/h3-4,7H,5,11H2,1-2H3,(H,13,14). The number of carboxylic acid groups (broad SMARTS) is 1. The topological polar surface area (TPSA) is 94.6 Å². The van der Waals surface area contributed by atoms with Gasteiger partial charge in [-0.3, -0.25) is 4.79 Å². The molecular formula is C10H14N2O4. The zero-order valence-electron chi connectivity index (χ0n) is 9.14. The van der Waals surface area contributed by atoms with Crippen LogP contribution < -0.4 is 5.73 Å². The molecule has 1 rings (SSSR count). The van der Waals surface area contributed by atoms with Crippen molar-refractivity contribution in [3.63, 3.8) is 0 Å². The zero-order valence-corrected chi connectivity index (χ0v) is 9.14. The van der Waals surface area contributed by atoms with E-state index in [1.54, 1.807) is 23.7 Å². The Morgan fingerprint density at radius 1 is 1.56 bits per heavy atom. The van der Waals surface area contributed by atoms with Crippen LogP contribution in [0.25, 0.3) is 0 Å². The molecule has 0 aliphatic heterocycles. The van der Waals surface area contributed by atoms with Crippen molar-refractivity contribution in [2.45, 2.75) is 12.5 Å². The van der Waals surface area contributed by atoms with Gasteiger partial charge in [0.05, 0.1) is 7.11 Å². The molecule has 88 valence electrons. The van der Waals surface area contributed by atoms with E-state index in [-0.39, 0.29) is 6.42 Å². The highest BCUT2D eigenvalue weighted by atomic mass is 16.5. The van der Waals surface area contributed by atoms with Gasteiger partial charge in [-0.2, -0.15) is 0 Å². The second-order valence-electron chi connectivity index (χ2n) is 3.41. The van der Waals surface area contributed by atoms with Crippen molar-refractivity contribution in [3.8, 4) is 0 Å². The van der Waals surface area contributed by atoms with Crippen molar-refractivity contribution < 1.29 is 19.4 Å². The van der Waals surface area contributed by atoms with Crippen LogP contribution in [0.15, 0.2) is 12.1 Å². The number of hydrogen-bond acceptors (Lipinski definition) is 4. The van der Waals surface area contributed by atoms with Crippen molar-refractivity contribution in [3.05, 3.63) is 23.5 Å². The van der Waals surface area contributed by atoms with E-state index in [2.05, 4.69) is 4.74 Å². The molecule has 1 aromatic heterocycles. The lowest BCUT2D eigenvalue weighted by atomic mass is 10.2. The minimum absolute atomic E-state index is 0.169. The molecule has 0 spiro atoms. The van der Waals surface area contributed by atoms with Crippen LogP contribution in [0, 0.1) is 0 Å². The van der Waals surface area contributed by atoms with Crippen molar-refractivity contribution in [2.75, 3.05) is 7.11 Å². The summed E-state index contributed by atoms with van der Waals surface area (Å²) in [7, 11) is 2.95. The lowest BCUT2D eigenvalue weighted by molar-refractivity contribution is -0.138. The molecule has 0 bridgehead atoms. The van der Waals surface area contributed by atoms with Gasteiger partial charge in [-0.25, -0.2) is 4.79 Å². The summed E-state index contributed by atoms with van der Waals surface area (Å²) in [5, 5.41) is 8.67. The second kappa shape index (κ2) is 4.80. The maximum absolute atomic E-state index is 11.3. The van der Waals surface area contributed by atoms with Crippen LogP contribution in [-0.4, -0.2) is 34.8 Å². The molecular weight excluding hydrogens is 212 g/mol. The third kappa shape index (κ3) is 2.40. The van der Waals surface area contributed by atoms with Gasteiger partial charge < -0.3 is 20.1 Å². The Morgan fingerprint density at radius 2 is 2.19 bits per heavy atom. The second-order valence-corrected chi connectivity index (χ2v) is 3.41. The molecule has 0 saturated heterocycles. The first-order valence-electron chi connectivity index (χ1n) is 4.68. The minimum Gasteiger partial charge on any atom is -0.480 e. The van der Waals surface area contributed by atoms with E-state index in [0.29, 0.717) is 11.4 Å². The summed E-state index contributed by atoms with van der Waals surface area (Å²) in [6.45, 7) is 0. The molecule has 3 N–H and O–H groups in total. The van der Waals surface area contributed by atoms with Gasteiger partial charge >= 0.3 is 11.9 Å². The Balaban J connectivity index is 2.88. The molecule has 1 aromatic rings. The molecule has 0 aliphatic rings. The molecule has 0 radical (unpaired) electrons. The van der Waals surface area contributed by atoms with Crippen molar-refractivity contribution in [2.24, 2.45) is 12.8 Å². The van der Waals surface area contributed by atoms with E-state index in [9.17, 15) is 9.59 Å². The number of nitrogens with zero attached hydrogens (tertiary/aromatic N) is 1. The molecule has 1 atom stereocenters. The number of carboxylic acids is 1. The summed E-state index contributed by atoms with van der Waals surface area (Å²) < 4.78 is 6.15. The molecule has 16 heavy (non-hydrogen) atoms. The molecule has 0 saturated carbocycles. The number of ether oxygens (including phenoxy) is 1. The molecule has 1 unspecified atom stereocenters. The lowest BCUT2D eigenvalue weighted by Gasteiger charge is -2.09. The normalized spacial score (nSPS) is 12.2. The van der Waals surface area contributed by atoms with Gasteiger partial charge in [-0.1, -0.05) is 0 Å². The van der Waals surface area contributed by atoms with E-state index >= 15 is 0 Å². The number of hydrogen-bond donors (Lipinski definition) is 2. The Kier molecular flexibility index (Phi) is 3.68. The Labute approximate surface area is 92.6 Å². The summed E-state index contributed by atoms with van der Waals surface area (Å²) in [5.74, 6) is -1.53. The van der Waals surface area contributed by atoms with Gasteiger partial charge in [-0.05, 0) is 12.1 Å². The molecule has 0 amide bonds. The number of nitrogens with two attached hydrogens (primary N) is 1. The summed E-state index contributed by atoms with van der Waals surface area (Å²) in [4.78, 5) is 21.9. The highest BCUT2D eigenvalue weighted by Crippen LogP contribution is 2.10. The average Bonchev–Trinajstić information content (AvgIpc) is 2.59. The third-order valence-electron chi connectivity index (χ3n) is 2.37. The van der Waals surface area contributed by atoms with E-state index in [1.165, 1.54) is 7.11 Å². The fourth-order valence-electron chi connectivity index (χ4n) is 1.38. The van der Waals surface area contributed by atoms with Gasteiger partial charge in [0.25, 0.3) is 0 Å². The van der Waals surface area contributed by atoms with E-state index in [0.717, 1.165) is 0 Å². The molecule has 0 fully saturated rings. The quantitative estimate of drug-likeness (QED) is 0.691. The van der Waals surface area contributed by atoms with Gasteiger partial charge in [0.2, 0.25) is 0 Å². The molecule has 1 heterocycles. The molecule has 0 aromatic carbocycles. The van der Waals surface area contributed by atoms with Crippen LogP contribution >= 0.6 is 0 Å². The van der Waals surface area contributed by atoms with Gasteiger partial charge in [-0.15, -0.1) is 0 Å². The smallest absolute Gasteiger partial charge is 0.354 e. The van der Waals surface area contributed by atoms with Crippen molar-refractivity contribution in [1.82, 2.24) is 4.57 Å². The average molecular weight is 226 g/mol. The van der Waals surface area contributed by atoms with Crippen LogP contribution in [0.4, 0.5) is 0 Å². The van der Waals surface area contributed by atoms with Crippen LogP contribution in [0.3, 0.4) is 0 Å². The van der Waals surface area contributed by atoms with Crippen molar-refractivity contribution in [1.29, 1.82) is 0 Å². The Bertz CT molecular complexity index is 411. The Hall–Kier alpha value is -1.82. The van der Waals surface area contributed by atoms with Crippen LogP contribution in [-0.2, 0) is 23.0 Å². The number of rotatable bonds is 4. The van der Waals surface area contributed by atoms with Crippen LogP contribution in [0.1, 0.15) is 16.2 Å². The predicted molar refractivity (Wildman–Crippen MR) is 56.1 cm³/mol. The highest BCUT2D eigenvalue weighted by molar-refractivity contribution is 5.87. The van der Waals surface area contributed by atoms with Gasteiger partial charge in [0.1, 0.15) is 11.7 Å². The first kappa shape index (κ1) is 12.3. The summed E-state index contributed by atoms with van der Waals surface area (Å²) in [5.41, 5.74) is 6.45. The van der Waals surface area contributed by atoms with E-state index in [4.69, 9.17) is 10.8 Å². The summed E-state index contributed by atoms with van der Waals surface area (Å²) in [6.07, 6.45) is 0.169. The lowest BCUT2D eigenvalue weighted by Crippen LogP contribution is -2.33. The SMILES string of the molecule is COC(=O)c1ccc(CC(N)C(=O)O)n1C. The highest BCUT2D eigenvalue weighted by Gasteiger charge is 2.17. The largest absolute Gasteiger partial charge is 0.480 e. The fourth-order valence-corrected chi connectivity index (χ4v) is 1.38. The number of aromatic nitrogens is 1. The van der Waals surface area contributed by atoms with Gasteiger partial charge in [0.15, 0.2) is 0 Å². The minimum atomic E-state index is -1.07. The Morgan fingerprint density at radius 3 is 2.69 bits per heavy atom. The summed E-state index contributed by atoms with van der Waals surface area (Å²) >= 11 is 0. The number of esters is 1. The maximum Gasteiger partial charge on any atom is 0.354 e. The van der Waals surface area contributed by atoms with Gasteiger partial charge in [0, 0.05) is 19.2 Å². The number of aliphatic carboxylic acids is 1. The molecule has 6 nitrogen and oxygen atoms in total. The zero-order chi connectivity index (χ0) is 12.3. The first-order valence-corrected chi connectivity index (χ1v) is 4.68. The third-order valence-corrected chi connectivity index (χ3v) is 2.37. The fraction of sp³-hybridized carbons (Fsp3) is 0.400. The van der Waals surface area contributed by atoms with E-state index in [1.807, 2.05) is 0 Å².